The van der Waals surface area contributed by atoms with Gasteiger partial charge in [0.05, 0.1) is 5.69 Å². The van der Waals surface area contributed by atoms with Crippen LogP contribution in [-0.4, -0.2) is 16.1 Å². The fraction of sp³-hybridized carbons (Fsp3) is 0.300. The molecule has 1 unspecified atom stereocenters. The average molecular weight is 356 g/mol. The first-order valence-corrected chi connectivity index (χ1v) is 8.75. The largest absolute Gasteiger partial charge is 0.506 e. The molecule has 1 atom stereocenters. The Kier molecular flexibility index (Phi) is 6.15. The van der Waals surface area contributed by atoms with Crippen molar-refractivity contribution in [2.45, 2.75) is 40.0 Å². The van der Waals surface area contributed by atoms with Crippen molar-refractivity contribution >= 4 is 28.9 Å². The lowest BCUT2D eigenvalue weighted by atomic mass is 9.98. The maximum Gasteiger partial charge on any atom is 0.257 e. The maximum atomic E-state index is 12.4. The van der Waals surface area contributed by atoms with Gasteiger partial charge in [0.15, 0.2) is 5.11 Å². The average Bonchev–Trinajstić information content (AvgIpc) is 2.55. The summed E-state index contributed by atoms with van der Waals surface area (Å²) in [5, 5.41) is 15.8. The fourth-order valence-corrected chi connectivity index (χ4v) is 2.79. The van der Waals surface area contributed by atoms with Gasteiger partial charge in [-0.05, 0) is 67.7 Å². The number of rotatable bonds is 4. The summed E-state index contributed by atoms with van der Waals surface area (Å²) < 4.78 is 0. The van der Waals surface area contributed by atoms with Gasteiger partial charge >= 0.3 is 0 Å². The van der Waals surface area contributed by atoms with Crippen LogP contribution in [0.15, 0.2) is 36.4 Å². The molecule has 4 nitrogen and oxygen atoms in total. The summed E-state index contributed by atoms with van der Waals surface area (Å²) in [6.45, 7) is 8.10. The van der Waals surface area contributed by atoms with Crippen molar-refractivity contribution in [2.24, 2.45) is 0 Å². The Morgan fingerprint density at radius 1 is 1.20 bits per heavy atom. The predicted octanol–water partition coefficient (Wildman–Crippen LogP) is 4.65. The number of thiocarbonyl (C=S) groups is 1. The number of anilines is 1. The highest BCUT2D eigenvalue weighted by molar-refractivity contribution is 7.80. The molecule has 0 saturated heterocycles. The molecule has 3 N–H and O–H groups in total. The summed E-state index contributed by atoms with van der Waals surface area (Å²) in [5.41, 5.74) is 4.16. The highest BCUT2D eigenvalue weighted by Gasteiger charge is 2.13. The highest BCUT2D eigenvalue weighted by atomic mass is 32.1. The van der Waals surface area contributed by atoms with Gasteiger partial charge in [-0.25, -0.2) is 0 Å². The molecule has 0 aliphatic heterocycles. The molecule has 0 radical (unpaired) electrons. The molecule has 2 aromatic rings. The van der Waals surface area contributed by atoms with E-state index in [1.54, 1.807) is 12.1 Å². The molecule has 0 aliphatic carbocycles. The van der Waals surface area contributed by atoms with Crippen LogP contribution in [-0.2, 0) is 0 Å². The molecule has 132 valence electrons. The van der Waals surface area contributed by atoms with E-state index in [0.29, 0.717) is 17.2 Å². The zero-order valence-corrected chi connectivity index (χ0v) is 15.8. The fourth-order valence-electron chi connectivity index (χ4n) is 2.59. The van der Waals surface area contributed by atoms with Gasteiger partial charge in [0.2, 0.25) is 0 Å². The van der Waals surface area contributed by atoms with Gasteiger partial charge < -0.3 is 10.4 Å². The van der Waals surface area contributed by atoms with E-state index in [1.807, 2.05) is 38.1 Å². The quantitative estimate of drug-likeness (QED) is 0.551. The monoisotopic (exact) mass is 356 g/mol. The van der Waals surface area contributed by atoms with E-state index in [0.717, 1.165) is 23.1 Å². The normalized spacial score (nSPS) is 11.7. The molecule has 0 heterocycles. The second-order valence-corrected chi connectivity index (χ2v) is 6.72. The van der Waals surface area contributed by atoms with Crippen molar-refractivity contribution in [1.29, 1.82) is 0 Å². The Morgan fingerprint density at radius 3 is 2.56 bits per heavy atom. The summed E-state index contributed by atoms with van der Waals surface area (Å²) in [6.07, 6.45) is 0.998. The Bertz CT molecular complexity index is 802. The SMILES string of the molecule is CCC(C)c1ccc(O)c(NC(=S)NC(=O)c2ccc(C)cc2C)c1. The number of nitrogens with one attached hydrogen (secondary N) is 2. The molecule has 0 bridgehead atoms. The van der Waals surface area contributed by atoms with Gasteiger partial charge in [0, 0.05) is 5.56 Å². The summed E-state index contributed by atoms with van der Waals surface area (Å²) in [7, 11) is 0. The molecule has 25 heavy (non-hydrogen) atoms. The Morgan fingerprint density at radius 2 is 1.92 bits per heavy atom. The molecule has 0 spiro atoms. The Hall–Kier alpha value is -2.40. The highest BCUT2D eigenvalue weighted by Crippen LogP contribution is 2.29. The second-order valence-electron chi connectivity index (χ2n) is 6.31. The number of benzene rings is 2. The van der Waals surface area contributed by atoms with Gasteiger partial charge in [-0.1, -0.05) is 37.6 Å². The van der Waals surface area contributed by atoms with E-state index in [9.17, 15) is 9.90 Å². The topological polar surface area (TPSA) is 61.4 Å². The van der Waals surface area contributed by atoms with E-state index < -0.39 is 0 Å². The van der Waals surface area contributed by atoms with E-state index >= 15 is 0 Å². The number of carbonyl (C=O) groups excluding carboxylic acids is 1. The van der Waals surface area contributed by atoms with E-state index in [4.69, 9.17) is 12.2 Å². The van der Waals surface area contributed by atoms with Crippen molar-refractivity contribution in [3.05, 3.63) is 58.7 Å². The van der Waals surface area contributed by atoms with Gasteiger partial charge in [-0.2, -0.15) is 0 Å². The molecular formula is C20H24N2O2S. The van der Waals surface area contributed by atoms with Crippen molar-refractivity contribution in [3.8, 4) is 5.75 Å². The molecule has 5 heteroatoms. The first kappa shape index (κ1) is 18.9. The lowest BCUT2D eigenvalue weighted by molar-refractivity contribution is 0.0977. The lowest BCUT2D eigenvalue weighted by Crippen LogP contribution is -2.34. The number of aryl methyl sites for hydroxylation is 2. The van der Waals surface area contributed by atoms with Crippen LogP contribution in [0.3, 0.4) is 0 Å². The van der Waals surface area contributed by atoms with Crippen LogP contribution in [0.1, 0.15) is 53.2 Å². The van der Waals surface area contributed by atoms with E-state index in [1.165, 1.54) is 0 Å². The first-order chi connectivity index (χ1) is 11.8. The van der Waals surface area contributed by atoms with Crippen molar-refractivity contribution in [1.82, 2.24) is 5.32 Å². The van der Waals surface area contributed by atoms with Gasteiger partial charge in [0.1, 0.15) is 5.75 Å². The van der Waals surface area contributed by atoms with Crippen molar-refractivity contribution in [2.75, 3.05) is 5.32 Å². The third-order valence-corrected chi connectivity index (χ3v) is 4.51. The predicted molar refractivity (Wildman–Crippen MR) is 106 cm³/mol. The lowest BCUT2D eigenvalue weighted by Gasteiger charge is -2.15. The number of amides is 1. The van der Waals surface area contributed by atoms with Crippen LogP contribution in [0.5, 0.6) is 5.75 Å². The van der Waals surface area contributed by atoms with Crippen LogP contribution in [0.25, 0.3) is 0 Å². The molecule has 1 amide bonds. The number of phenolic OH excluding ortho intramolecular Hbond substituents is 1. The minimum absolute atomic E-state index is 0.0927. The summed E-state index contributed by atoms with van der Waals surface area (Å²) in [5.74, 6) is 0.197. The number of hydrogen-bond acceptors (Lipinski definition) is 3. The summed E-state index contributed by atoms with van der Waals surface area (Å²) in [6, 6.07) is 11.0. The van der Waals surface area contributed by atoms with Gasteiger partial charge in [-0.15, -0.1) is 0 Å². The maximum absolute atomic E-state index is 12.4. The van der Waals surface area contributed by atoms with Crippen LogP contribution in [0.4, 0.5) is 5.69 Å². The molecule has 2 rings (SSSR count). The van der Waals surface area contributed by atoms with Gasteiger partial charge in [-0.3, -0.25) is 10.1 Å². The zero-order chi connectivity index (χ0) is 18.6. The van der Waals surface area contributed by atoms with Crippen molar-refractivity contribution < 1.29 is 9.90 Å². The molecule has 0 saturated carbocycles. The number of phenols is 1. The van der Waals surface area contributed by atoms with Crippen molar-refractivity contribution in [3.63, 3.8) is 0 Å². The molecule has 0 fully saturated rings. The number of aromatic hydroxyl groups is 1. The summed E-state index contributed by atoms with van der Waals surface area (Å²) in [4.78, 5) is 12.4. The van der Waals surface area contributed by atoms with E-state index in [2.05, 4.69) is 24.5 Å². The summed E-state index contributed by atoms with van der Waals surface area (Å²) >= 11 is 5.22. The molecular weight excluding hydrogens is 332 g/mol. The Balaban J connectivity index is 2.11. The minimum atomic E-state index is -0.271. The zero-order valence-electron chi connectivity index (χ0n) is 15.0. The Labute approximate surface area is 154 Å². The van der Waals surface area contributed by atoms with Crippen LogP contribution in [0, 0.1) is 13.8 Å². The van der Waals surface area contributed by atoms with Crippen LogP contribution in [0.2, 0.25) is 0 Å². The van der Waals surface area contributed by atoms with Crippen LogP contribution < -0.4 is 10.6 Å². The number of hydrogen-bond donors (Lipinski definition) is 3. The van der Waals surface area contributed by atoms with Crippen LogP contribution >= 0.6 is 12.2 Å². The molecule has 0 aliphatic rings. The van der Waals surface area contributed by atoms with Gasteiger partial charge in [0.25, 0.3) is 5.91 Å². The smallest absolute Gasteiger partial charge is 0.257 e. The number of carbonyl (C=O) groups is 1. The standard InChI is InChI=1S/C20H24N2O2S/c1-5-13(3)15-7-9-18(23)17(11-15)21-20(25)22-19(24)16-8-6-12(2)10-14(16)4/h6-11,13,23H,5H2,1-4H3,(H2,21,22,24,25). The molecule has 0 aromatic heterocycles. The third kappa shape index (κ3) is 4.79. The first-order valence-electron chi connectivity index (χ1n) is 8.34. The second kappa shape index (κ2) is 8.12. The molecule has 2 aromatic carbocycles. The third-order valence-electron chi connectivity index (χ3n) is 4.30. The minimum Gasteiger partial charge on any atom is -0.506 e. The van der Waals surface area contributed by atoms with E-state index in [-0.39, 0.29) is 16.8 Å².